The summed E-state index contributed by atoms with van der Waals surface area (Å²) in [5.74, 6) is 0.738. The second kappa shape index (κ2) is 7.09. The molecule has 0 saturated heterocycles. The number of hydrogen-bond donors (Lipinski definition) is 2. The highest BCUT2D eigenvalue weighted by molar-refractivity contribution is 5.53. The van der Waals surface area contributed by atoms with Gasteiger partial charge in [-0.15, -0.1) is 0 Å². The molecule has 2 N–H and O–H groups in total. The molecule has 0 amide bonds. The lowest BCUT2D eigenvalue weighted by atomic mass is 10.1. The Morgan fingerprint density at radius 1 is 1.12 bits per heavy atom. The third kappa shape index (κ3) is 5.01. The molecule has 3 nitrogen and oxygen atoms in total. The van der Waals surface area contributed by atoms with Gasteiger partial charge in [0.1, 0.15) is 0 Å². The highest BCUT2D eigenvalue weighted by Gasteiger charge is 1.97. The molecule has 1 aromatic rings. The van der Waals surface area contributed by atoms with E-state index >= 15 is 0 Å². The molecule has 1 rings (SSSR count). The molecule has 16 heavy (non-hydrogen) atoms. The Morgan fingerprint density at radius 2 is 1.75 bits per heavy atom. The molecule has 0 aliphatic heterocycles. The van der Waals surface area contributed by atoms with Crippen molar-refractivity contribution in [1.29, 1.82) is 0 Å². The number of aromatic nitrogens is 1. The zero-order valence-corrected chi connectivity index (χ0v) is 10.6. The van der Waals surface area contributed by atoms with Crippen LogP contribution >= 0.6 is 0 Å². The third-order valence-electron chi connectivity index (χ3n) is 2.37. The van der Waals surface area contributed by atoms with Crippen LogP contribution in [0.2, 0.25) is 0 Å². The molecular formula is C13H23N3. The van der Waals surface area contributed by atoms with Crippen molar-refractivity contribution in [3.8, 4) is 0 Å². The maximum atomic E-state index is 4.21. The van der Waals surface area contributed by atoms with Crippen LogP contribution in [0.5, 0.6) is 0 Å². The molecule has 0 aliphatic carbocycles. The van der Waals surface area contributed by atoms with Crippen LogP contribution in [0.3, 0.4) is 0 Å². The topological polar surface area (TPSA) is 37.0 Å². The number of hydrogen-bond acceptors (Lipinski definition) is 3. The van der Waals surface area contributed by atoms with Crippen molar-refractivity contribution in [2.75, 3.05) is 23.7 Å². The first-order chi connectivity index (χ1) is 7.72. The fourth-order valence-electron chi connectivity index (χ4n) is 1.41. The second-order valence-electron chi connectivity index (χ2n) is 4.50. The van der Waals surface area contributed by atoms with E-state index in [1.807, 2.05) is 12.4 Å². The summed E-state index contributed by atoms with van der Waals surface area (Å²) in [4.78, 5) is 4.21. The van der Waals surface area contributed by atoms with Crippen LogP contribution in [0.4, 0.5) is 11.4 Å². The third-order valence-corrected chi connectivity index (χ3v) is 2.37. The van der Waals surface area contributed by atoms with E-state index in [4.69, 9.17) is 0 Å². The van der Waals surface area contributed by atoms with E-state index in [1.165, 1.54) is 6.42 Å². The van der Waals surface area contributed by atoms with E-state index in [0.717, 1.165) is 36.8 Å². The molecule has 0 radical (unpaired) electrons. The Bertz CT molecular complexity index is 297. The van der Waals surface area contributed by atoms with E-state index in [2.05, 4.69) is 42.5 Å². The Morgan fingerprint density at radius 3 is 2.31 bits per heavy atom. The predicted octanol–water partition coefficient (Wildman–Crippen LogP) is 3.36. The van der Waals surface area contributed by atoms with Crippen molar-refractivity contribution in [2.45, 2.75) is 33.6 Å². The molecule has 0 aromatic carbocycles. The van der Waals surface area contributed by atoms with Gasteiger partial charge in [0.25, 0.3) is 0 Å². The van der Waals surface area contributed by atoms with Crippen LogP contribution in [0.15, 0.2) is 18.5 Å². The number of rotatable bonds is 7. The molecule has 0 spiro atoms. The molecule has 0 unspecified atom stereocenters. The molecule has 1 heterocycles. The van der Waals surface area contributed by atoms with Gasteiger partial charge in [-0.25, -0.2) is 0 Å². The summed E-state index contributed by atoms with van der Waals surface area (Å²) in [6, 6.07) is 2.11. The first-order valence-electron chi connectivity index (χ1n) is 6.15. The summed E-state index contributed by atoms with van der Waals surface area (Å²) >= 11 is 0. The maximum absolute atomic E-state index is 4.21. The Labute approximate surface area is 98.7 Å². The van der Waals surface area contributed by atoms with Gasteiger partial charge in [-0.1, -0.05) is 20.8 Å². The van der Waals surface area contributed by atoms with Gasteiger partial charge in [0.05, 0.1) is 23.8 Å². The van der Waals surface area contributed by atoms with Gasteiger partial charge in [-0.05, 0) is 24.8 Å². The first kappa shape index (κ1) is 12.8. The Hall–Kier alpha value is -1.25. The number of nitrogens with one attached hydrogen (secondary N) is 2. The minimum atomic E-state index is 0.738. The van der Waals surface area contributed by atoms with Crippen molar-refractivity contribution >= 4 is 11.4 Å². The SMILES string of the molecule is CCCNc1cncc(NCCC(C)C)c1. The lowest BCUT2D eigenvalue weighted by molar-refractivity contribution is 0.607. The van der Waals surface area contributed by atoms with Crippen molar-refractivity contribution in [2.24, 2.45) is 5.92 Å². The Kier molecular flexibility index (Phi) is 5.68. The zero-order chi connectivity index (χ0) is 11.8. The average Bonchev–Trinajstić information content (AvgIpc) is 2.26. The monoisotopic (exact) mass is 221 g/mol. The highest BCUT2D eigenvalue weighted by Crippen LogP contribution is 2.13. The lowest BCUT2D eigenvalue weighted by Crippen LogP contribution is -2.06. The fourth-order valence-corrected chi connectivity index (χ4v) is 1.41. The molecular weight excluding hydrogens is 198 g/mol. The largest absolute Gasteiger partial charge is 0.384 e. The van der Waals surface area contributed by atoms with Crippen LogP contribution in [0, 0.1) is 5.92 Å². The lowest BCUT2D eigenvalue weighted by Gasteiger charge is -2.10. The van der Waals surface area contributed by atoms with Crippen LogP contribution in [0.1, 0.15) is 33.6 Å². The summed E-state index contributed by atoms with van der Waals surface area (Å²) in [6.45, 7) is 8.64. The van der Waals surface area contributed by atoms with E-state index in [1.54, 1.807) is 0 Å². The summed E-state index contributed by atoms with van der Waals surface area (Å²) in [5.41, 5.74) is 2.19. The van der Waals surface area contributed by atoms with Gasteiger partial charge in [0.15, 0.2) is 0 Å². The van der Waals surface area contributed by atoms with Gasteiger partial charge in [0, 0.05) is 13.1 Å². The van der Waals surface area contributed by atoms with Gasteiger partial charge < -0.3 is 10.6 Å². The highest BCUT2D eigenvalue weighted by atomic mass is 14.9. The molecule has 0 bridgehead atoms. The smallest absolute Gasteiger partial charge is 0.0547 e. The van der Waals surface area contributed by atoms with Crippen LogP contribution < -0.4 is 10.6 Å². The predicted molar refractivity (Wildman–Crippen MR) is 71.0 cm³/mol. The molecule has 90 valence electrons. The van der Waals surface area contributed by atoms with Gasteiger partial charge in [-0.2, -0.15) is 0 Å². The van der Waals surface area contributed by atoms with E-state index in [0.29, 0.717) is 0 Å². The van der Waals surface area contributed by atoms with Gasteiger partial charge in [0.2, 0.25) is 0 Å². The minimum Gasteiger partial charge on any atom is -0.384 e. The number of anilines is 2. The summed E-state index contributed by atoms with van der Waals surface area (Å²) in [5, 5.41) is 6.72. The summed E-state index contributed by atoms with van der Waals surface area (Å²) in [7, 11) is 0. The molecule has 0 atom stereocenters. The second-order valence-corrected chi connectivity index (χ2v) is 4.50. The maximum Gasteiger partial charge on any atom is 0.0547 e. The molecule has 1 aromatic heterocycles. The van der Waals surface area contributed by atoms with Crippen LogP contribution in [-0.2, 0) is 0 Å². The quantitative estimate of drug-likeness (QED) is 0.741. The Balaban J connectivity index is 2.40. The van der Waals surface area contributed by atoms with Gasteiger partial charge >= 0.3 is 0 Å². The van der Waals surface area contributed by atoms with E-state index < -0.39 is 0 Å². The van der Waals surface area contributed by atoms with Crippen molar-refractivity contribution < 1.29 is 0 Å². The van der Waals surface area contributed by atoms with Crippen molar-refractivity contribution in [3.05, 3.63) is 18.5 Å². The van der Waals surface area contributed by atoms with Crippen molar-refractivity contribution in [1.82, 2.24) is 4.98 Å². The van der Waals surface area contributed by atoms with Gasteiger partial charge in [-0.3, -0.25) is 4.98 Å². The first-order valence-corrected chi connectivity index (χ1v) is 6.15. The minimum absolute atomic E-state index is 0.738. The fraction of sp³-hybridized carbons (Fsp3) is 0.615. The molecule has 0 aliphatic rings. The van der Waals surface area contributed by atoms with Crippen molar-refractivity contribution in [3.63, 3.8) is 0 Å². The molecule has 3 heteroatoms. The summed E-state index contributed by atoms with van der Waals surface area (Å²) < 4.78 is 0. The average molecular weight is 221 g/mol. The molecule has 0 fully saturated rings. The van der Waals surface area contributed by atoms with E-state index in [9.17, 15) is 0 Å². The number of pyridine rings is 1. The number of nitrogens with zero attached hydrogens (tertiary/aromatic N) is 1. The van der Waals surface area contributed by atoms with Crippen LogP contribution in [-0.4, -0.2) is 18.1 Å². The van der Waals surface area contributed by atoms with E-state index in [-0.39, 0.29) is 0 Å². The normalized spacial score (nSPS) is 10.5. The zero-order valence-electron chi connectivity index (χ0n) is 10.6. The summed E-state index contributed by atoms with van der Waals surface area (Å²) in [6.07, 6.45) is 6.05. The van der Waals surface area contributed by atoms with Crippen LogP contribution in [0.25, 0.3) is 0 Å². The molecule has 0 saturated carbocycles. The standard InChI is InChI=1S/C13H23N3/c1-4-6-15-12-8-13(10-14-9-12)16-7-5-11(2)3/h8-11,15-16H,4-7H2,1-3H3.